The number of hydrogen-bond donors (Lipinski definition) is 1. The molecule has 1 saturated heterocycles. The Kier molecular flexibility index (Phi) is 5.22. The molecule has 3 nitrogen and oxygen atoms in total. The van der Waals surface area contributed by atoms with Gasteiger partial charge in [0.15, 0.2) is 0 Å². The van der Waals surface area contributed by atoms with Gasteiger partial charge >= 0.3 is 0 Å². The van der Waals surface area contributed by atoms with Crippen molar-refractivity contribution in [2.24, 2.45) is 5.92 Å². The minimum atomic E-state index is 0.0121. The van der Waals surface area contributed by atoms with Crippen molar-refractivity contribution in [1.82, 2.24) is 10.2 Å². The van der Waals surface area contributed by atoms with Crippen molar-refractivity contribution in [2.45, 2.75) is 45.8 Å². The fraction of sp³-hybridized carbons (Fsp3) is 1.00. The lowest BCUT2D eigenvalue weighted by Gasteiger charge is -2.37. The normalized spacial score (nSPS) is 24.0. The highest BCUT2D eigenvalue weighted by Crippen LogP contribution is 2.15. The topological polar surface area (TPSA) is 24.5 Å². The van der Waals surface area contributed by atoms with E-state index < -0.39 is 0 Å². The van der Waals surface area contributed by atoms with Gasteiger partial charge in [-0.1, -0.05) is 13.8 Å². The Morgan fingerprint density at radius 1 is 1.44 bits per heavy atom. The van der Waals surface area contributed by atoms with E-state index in [4.69, 9.17) is 4.74 Å². The zero-order valence-electron chi connectivity index (χ0n) is 11.5. The molecular formula is C13H28N2O. The molecule has 0 aromatic rings. The van der Waals surface area contributed by atoms with Crippen LogP contribution in [0.3, 0.4) is 0 Å². The van der Waals surface area contributed by atoms with Crippen molar-refractivity contribution in [3.8, 4) is 0 Å². The average molecular weight is 228 g/mol. The van der Waals surface area contributed by atoms with Gasteiger partial charge in [-0.2, -0.15) is 0 Å². The van der Waals surface area contributed by atoms with Crippen LogP contribution < -0.4 is 5.32 Å². The van der Waals surface area contributed by atoms with E-state index in [1.165, 1.54) is 13.1 Å². The maximum atomic E-state index is 5.46. The van der Waals surface area contributed by atoms with Gasteiger partial charge < -0.3 is 15.0 Å². The van der Waals surface area contributed by atoms with E-state index in [2.05, 4.69) is 37.9 Å². The Labute approximate surface area is 101 Å². The van der Waals surface area contributed by atoms with Gasteiger partial charge in [0.05, 0.1) is 5.60 Å². The number of methoxy groups -OCH3 is 1. The number of nitrogens with one attached hydrogen (secondary N) is 1. The summed E-state index contributed by atoms with van der Waals surface area (Å²) in [6.07, 6.45) is 1.11. The van der Waals surface area contributed by atoms with Crippen LogP contribution in [0.25, 0.3) is 0 Å². The Balaban J connectivity index is 2.32. The van der Waals surface area contributed by atoms with Crippen LogP contribution in [0, 0.1) is 5.92 Å². The van der Waals surface area contributed by atoms with Crippen LogP contribution in [0.2, 0.25) is 0 Å². The smallest absolute Gasteiger partial charge is 0.0634 e. The van der Waals surface area contributed by atoms with Crippen LogP contribution in [0.15, 0.2) is 0 Å². The fourth-order valence-electron chi connectivity index (χ4n) is 2.02. The lowest BCUT2D eigenvalue weighted by atomic mass is 10.0. The van der Waals surface area contributed by atoms with Crippen molar-refractivity contribution in [3.05, 3.63) is 0 Å². The summed E-state index contributed by atoms with van der Waals surface area (Å²) >= 11 is 0. The largest absolute Gasteiger partial charge is 0.379 e. The molecule has 0 spiro atoms. The maximum absolute atomic E-state index is 5.46. The molecule has 1 unspecified atom stereocenters. The molecule has 1 heterocycles. The molecule has 96 valence electrons. The second-order valence-corrected chi connectivity index (χ2v) is 5.82. The quantitative estimate of drug-likeness (QED) is 0.775. The molecule has 1 aliphatic rings. The second-order valence-electron chi connectivity index (χ2n) is 5.82. The van der Waals surface area contributed by atoms with E-state index >= 15 is 0 Å². The van der Waals surface area contributed by atoms with Gasteiger partial charge in [-0.15, -0.1) is 0 Å². The molecular weight excluding hydrogens is 200 g/mol. The zero-order chi connectivity index (χ0) is 12.2. The first-order valence-corrected chi connectivity index (χ1v) is 6.45. The number of piperazine rings is 1. The average Bonchev–Trinajstić information content (AvgIpc) is 2.27. The van der Waals surface area contributed by atoms with Crippen LogP contribution in [-0.2, 0) is 4.74 Å². The molecule has 1 N–H and O–H groups in total. The highest BCUT2D eigenvalue weighted by molar-refractivity contribution is 4.82. The van der Waals surface area contributed by atoms with E-state index in [1.807, 2.05) is 0 Å². The number of nitrogens with zero attached hydrogens (tertiary/aromatic N) is 1. The molecule has 0 aliphatic carbocycles. The molecule has 0 saturated carbocycles. The Hall–Kier alpha value is -0.120. The Morgan fingerprint density at radius 3 is 2.69 bits per heavy atom. The summed E-state index contributed by atoms with van der Waals surface area (Å²) in [7, 11) is 1.80. The summed E-state index contributed by atoms with van der Waals surface area (Å²) in [5.74, 6) is 0.721. The SMILES string of the molecule is COC(C)(C)CCN1CCNC(C(C)C)C1. The van der Waals surface area contributed by atoms with Gasteiger partial charge in [-0.25, -0.2) is 0 Å². The third-order valence-corrected chi connectivity index (χ3v) is 3.68. The first-order chi connectivity index (χ1) is 7.44. The summed E-state index contributed by atoms with van der Waals surface area (Å²) in [4.78, 5) is 2.56. The molecule has 1 fully saturated rings. The molecule has 16 heavy (non-hydrogen) atoms. The van der Waals surface area contributed by atoms with Crippen molar-refractivity contribution in [2.75, 3.05) is 33.3 Å². The lowest BCUT2D eigenvalue weighted by molar-refractivity contribution is 0.00471. The summed E-state index contributed by atoms with van der Waals surface area (Å²) in [5.41, 5.74) is 0.0121. The van der Waals surface area contributed by atoms with Crippen molar-refractivity contribution in [1.29, 1.82) is 0 Å². The minimum Gasteiger partial charge on any atom is -0.379 e. The molecule has 1 aliphatic heterocycles. The summed E-state index contributed by atoms with van der Waals surface area (Å²) in [5, 5.41) is 3.59. The monoisotopic (exact) mass is 228 g/mol. The van der Waals surface area contributed by atoms with Gasteiger partial charge in [0.25, 0.3) is 0 Å². The summed E-state index contributed by atoms with van der Waals surface area (Å²) < 4.78 is 5.46. The third-order valence-electron chi connectivity index (χ3n) is 3.68. The van der Waals surface area contributed by atoms with Gasteiger partial charge in [0.2, 0.25) is 0 Å². The third kappa shape index (κ3) is 4.40. The molecule has 1 atom stereocenters. The minimum absolute atomic E-state index is 0.0121. The van der Waals surface area contributed by atoms with Crippen LogP contribution in [0.5, 0.6) is 0 Å². The Morgan fingerprint density at radius 2 is 2.12 bits per heavy atom. The molecule has 0 aromatic carbocycles. The second kappa shape index (κ2) is 5.99. The van der Waals surface area contributed by atoms with Crippen molar-refractivity contribution < 1.29 is 4.74 Å². The van der Waals surface area contributed by atoms with Crippen LogP contribution in [0.1, 0.15) is 34.1 Å². The number of rotatable bonds is 5. The van der Waals surface area contributed by atoms with Crippen LogP contribution in [0.4, 0.5) is 0 Å². The van der Waals surface area contributed by atoms with E-state index in [-0.39, 0.29) is 5.60 Å². The molecule has 0 aromatic heterocycles. The Bertz CT molecular complexity index is 204. The molecule has 0 amide bonds. The molecule has 1 rings (SSSR count). The fourth-order valence-corrected chi connectivity index (χ4v) is 2.02. The first kappa shape index (κ1) is 13.9. The van der Waals surface area contributed by atoms with Gasteiger partial charge in [0.1, 0.15) is 0 Å². The van der Waals surface area contributed by atoms with E-state index in [0.29, 0.717) is 6.04 Å². The summed E-state index contributed by atoms with van der Waals surface area (Å²) in [6.45, 7) is 13.5. The molecule has 3 heteroatoms. The van der Waals surface area contributed by atoms with Gasteiger partial charge in [-0.05, 0) is 26.2 Å². The first-order valence-electron chi connectivity index (χ1n) is 6.45. The highest BCUT2D eigenvalue weighted by atomic mass is 16.5. The predicted octanol–water partition coefficient (Wildman–Crippen LogP) is 1.73. The lowest BCUT2D eigenvalue weighted by Crippen LogP contribution is -2.53. The van der Waals surface area contributed by atoms with E-state index in [0.717, 1.165) is 25.4 Å². The van der Waals surface area contributed by atoms with Gasteiger partial charge in [0, 0.05) is 39.3 Å². The van der Waals surface area contributed by atoms with E-state index in [1.54, 1.807) is 7.11 Å². The highest BCUT2D eigenvalue weighted by Gasteiger charge is 2.24. The van der Waals surface area contributed by atoms with Crippen LogP contribution in [-0.4, -0.2) is 49.8 Å². The van der Waals surface area contributed by atoms with E-state index in [9.17, 15) is 0 Å². The molecule has 0 radical (unpaired) electrons. The maximum Gasteiger partial charge on any atom is 0.0634 e. The van der Waals surface area contributed by atoms with Crippen LogP contribution >= 0.6 is 0 Å². The van der Waals surface area contributed by atoms with Crippen molar-refractivity contribution >= 4 is 0 Å². The summed E-state index contributed by atoms with van der Waals surface area (Å²) in [6, 6.07) is 0.652. The number of ether oxygens (including phenoxy) is 1. The van der Waals surface area contributed by atoms with Crippen molar-refractivity contribution in [3.63, 3.8) is 0 Å². The van der Waals surface area contributed by atoms with Gasteiger partial charge in [-0.3, -0.25) is 0 Å². The molecule has 0 bridgehead atoms. The number of hydrogen-bond acceptors (Lipinski definition) is 3. The predicted molar refractivity (Wildman–Crippen MR) is 68.8 cm³/mol. The standard InChI is InChI=1S/C13H28N2O/c1-11(2)12-10-15(9-7-14-12)8-6-13(3,4)16-5/h11-12,14H,6-10H2,1-5H3. The zero-order valence-corrected chi connectivity index (χ0v) is 11.5.